The zero-order valence-electron chi connectivity index (χ0n) is 14.1. The highest BCUT2D eigenvalue weighted by atomic mass is 35.5. The summed E-state index contributed by atoms with van der Waals surface area (Å²) in [6.07, 6.45) is 0.606. The van der Waals surface area contributed by atoms with Crippen molar-refractivity contribution in [1.82, 2.24) is 15.5 Å². The highest BCUT2D eigenvalue weighted by molar-refractivity contribution is 6.30. The van der Waals surface area contributed by atoms with Gasteiger partial charge in [-0.2, -0.15) is 5.10 Å². The van der Waals surface area contributed by atoms with Gasteiger partial charge in [0.15, 0.2) is 0 Å². The first-order chi connectivity index (χ1) is 12.6. The van der Waals surface area contributed by atoms with Crippen LogP contribution < -0.4 is 10.1 Å². The molecule has 0 spiro atoms. The highest BCUT2D eigenvalue weighted by Gasteiger charge is 2.17. The molecule has 6 nitrogen and oxygen atoms in total. The lowest BCUT2D eigenvalue weighted by molar-refractivity contribution is 0.0917. The summed E-state index contributed by atoms with van der Waals surface area (Å²) < 4.78 is 5.14. The van der Waals surface area contributed by atoms with Crippen LogP contribution in [-0.2, 0) is 0 Å². The van der Waals surface area contributed by atoms with Crippen molar-refractivity contribution in [2.45, 2.75) is 6.10 Å². The quantitative estimate of drug-likeness (QED) is 0.621. The molecule has 1 aromatic heterocycles. The number of nitrogens with one attached hydrogen (secondary N) is 2. The van der Waals surface area contributed by atoms with Gasteiger partial charge in [-0.25, -0.2) is 0 Å². The van der Waals surface area contributed by atoms with E-state index in [0.29, 0.717) is 21.8 Å². The van der Waals surface area contributed by atoms with Crippen LogP contribution in [0.1, 0.15) is 22.0 Å². The molecule has 0 saturated heterocycles. The second kappa shape index (κ2) is 8.03. The van der Waals surface area contributed by atoms with E-state index in [2.05, 4.69) is 15.5 Å². The molecule has 1 heterocycles. The standard InChI is InChI=1S/C19H18ClN3O3/c1-26-15-7-5-12(6-8-15)18-16(10-22-23-18)19(25)21-11-17(24)13-3-2-4-14(20)9-13/h2-10,17,24H,11H2,1H3,(H,21,25)(H,22,23)/t17-/m1/s1. The Kier molecular flexibility index (Phi) is 5.55. The molecule has 0 aliphatic rings. The summed E-state index contributed by atoms with van der Waals surface area (Å²) >= 11 is 5.92. The normalized spacial score (nSPS) is 11.8. The van der Waals surface area contributed by atoms with Gasteiger partial charge in [-0.15, -0.1) is 0 Å². The number of halogens is 1. The topological polar surface area (TPSA) is 87.2 Å². The summed E-state index contributed by atoms with van der Waals surface area (Å²) in [6, 6.07) is 14.2. The Morgan fingerprint density at radius 2 is 2.08 bits per heavy atom. The fourth-order valence-electron chi connectivity index (χ4n) is 2.55. The first-order valence-electron chi connectivity index (χ1n) is 7.98. The third kappa shape index (κ3) is 4.04. The molecule has 0 saturated carbocycles. The van der Waals surface area contributed by atoms with Crippen molar-refractivity contribution in [3.63, 3.8) is 0 Å². The summed E-state index contributed by atoms with van der Waals surface area (Å²) in [5, 5.41) is 20.3. The molecule has 0 bridgehead atoms. The largest absolute Gasteiger partial charge is 0.497 e. The molecule has 0 aliphatic carbocycles. The number of amides is 1. The van der Waals surface area contributed by atoms with Gasteiger partial charge in [-0.1, -0.05) is 23.7 Å². The van der Waals surface area contributed by atoms with Crippen LogP contribution in [-0.4, -0.2) is 34.9 Å². The minimum atomic E-state index is -0.853. The number of aliphatic hydroxyl groups excluding tert-OH is 1. The van der Waals surface area contributed by atoms with Gasteiger partial charge < -0.3 is 15.2 Å². The number of carbonyl (C=O) groups excluding carboxylic acids is 1. The van der Waals surface area contributed by atoms with Crippen molar-refractivity contribution in [3.05, 3.63) is 70.9 Å². The number of aliphatic hydroxyl groups is 1. The second-order valence-electron chi connectivity index (χ2n) is 5.67. The van der Waals surface area contributed by atoms with Gasteiger partial charge in [0.05, 0.1) is 30.7 Å². The van der Waals surface area contributed by atoms with Gasteiger partial charge in [-0.3, -0.25) is 9.89 Å². The summed E-state index contributed by atoms with van der Waals surface area (Å²) in [7, 11) is 1.59. The third-order valence-electron chi connectivity index (χ3n) is 3.95. The van der Waals surface area contributed by atoms with E-state index in [1.165, 1.54) is 6.20 Å². The molecule has 1 atom stereocenters. The molecule has 2 aromatic carbocycles. The van der Waals surface area contributed by atoms with E-state index in [-0.39, 0.29) is 12.5 Å². The van der Waals surface area contributed by atoms with E-state index in [1.54, 1.807) is 43.5 Å². The zero-order valence-corrected chi connectivity index (χ0v) is 14.8. The third-order valence-corrected chi connectivity index (χ3v) is 4.19. The molecular formula is C19H18ClN3O3. The van der Waals surface area contributed by atoms with E-state index >= 15 is 0 Å². The molecule has 26 heavy (non-hydrogen) atoms. The minimum absolute atomic E-state index is 0.0619. The summed E-state index contributed by atoms with van der Waals surface area (Å²) in [5.74, 6) is 0.398. The van der Waals surface area contributed by atoms with Crippen molar-refractivity contribution in [3.8, 4) is 17.0 Å². The number of carbonyl (C=O) groups is 1. The summed E-state index contributed by atoms with van der Waals surface area (Å²) in [4.78, 5) is 12.5. The number of methoxy groups -OCH3 is 1. The van der Waals surface area contributed by atoms with Gasteiger partial charge in [0.1, 0.15) is 5.75 Å². The van der Waals surface area contributed by atoms with Gasteiger partial charge in [0, 0.05) is 17.1 Å². The second-order valence-corrected chi connectivity index (χ2v) is 6.10. The number of rotatable bonds is 6. The number of H-pyrrole nitrogens is 1. The van der Waals surface area contributed by atoms with Crippen LogP contribution in [0.25, 0.3) is 11.3 Å². The van der Waals surface area contributed by atoms with E-state index in [0.717, 1.165) is 11.3 Å². The van der Waals surface area contributed by atoms with Crippen LogP contribution in [0.5, 0.6) is 5.75 Å². The van der Waals surface area contributed by atoms with E-state index < -0.39 is 6.10 Å². The smallest absolute Gasteiger partial charge is 0.255 e. The first-order valence-corrected chi connectivity index (χ1v) is 8.36. The number of hydrogen-bond donors (Lipinski definition) is 3. The first kappa shape index (κ1) is 18.0. The van der Waals surface area contributed by atoms with Gasteiger partial charge in [0.25, 0.3) is 5.91 Å². The molecule has 0 fully saturated rings. The number of nitrogens with zero attached hydrogens (tertiary/aromatic N) is 1. The maximum atomic E-state index is 12.5. The van der Waals surface area contributed by atoms with Crippen LogP contribution in [0.3, 0.4) is 0 Å². The van der Waals surface area contributed by atoms with Crippen molar-refractivity contribution >= 4 is 17.5 Å². The molecule has 1 amide bonds. The van der Waals surface area contributed by atoms with Crippen LogP contribution in [0.2, 0.25) is 5.02 Å². The number of aromatic nitrogens is 2. The van der Waals surface area contributed by atoms with Crippen LogP contribution >= 0.6 is 11.6 Å². The fourth-order valence-corrected chi connectivity index (χ4v) is 2.75. The van der Waals surface area contributed by atoms with Crippen molar-refractivity contribution < 1.29 is 14.6 Å². The van der Waals surface area contributed by atoms with Crippen LogP contribution in [0.15, 0.2) is 54.7 Å². The average molecular weight is 372 g/mol. The van der Waals surface area contributed by atoms with E-state index in [4.69, 9.17) is 16.3 Å². The SMILES string of the molecule is COc1ccc(-c2[nH]ncc2C(=O)NC[C@@H](O)c2cccc(Cl)c2)cc1. The Balaban J connectivity index is 1.70. The van der Waals surface area contributed by atoms with Gasteiger partial charge in [-0.05, 0) is 42.0 Å². The van der Waals surface area contributed by atoms with Crippen molar-refractivity contribution in [2.75, 3.05) is 13.7 Å². The molecule has 3 rings (SSSR count). The Morgan fingerprint density at radius 3 is 2.77 bits per heavy atom. The Bertz CT molecular complexity index is 893. The predicted octanol–water partition coefficient (Wildman–Crippen LogP) is 3.20. The number of hydrogen-bond acceptors (Lipinski definition) is 4. The van der Waals surface area contributed by atoms with Crippen LogP contribution in [0.4, 0.5) is 0 Å². The van der Waals surface area contributed by atoms with Crippen LogP contribution in [0, 0.1) is 0 Å². The lowest BCUT2D eigenvalue weighted by Crippen LogP contribution is -2.28. The van der Waals surface area contributed by atoms with Crippen molar-refractivity contribution in [2.24, 2.45) is 0 Å². The maximum Gasteiger partial charge on any atom is 0.255 e. The highest BCUT2D eigenvalue weighted by Crippen LogP contribution is 2.24. The van der Waals surface area contributed by atoms with Gasteiger partial charge in [0.2, 0.25) is 0 Å². The molecular weight excluding hydrogens is 354 g/mol. The minimum Gasteiger partial charge on any atom is -0.497 e. The average Bonchev–Trinajstić information content (AvgIpc) is 3.16. The Labute approximate surface area is 155 Å². The molecule has 3 N–H and O–H groups in total. The predicted molar refractivity (Wildman–Crippen MR) is 99.3 cm³/mol. The molecule has 134 valence electrons. The number of aromatic amines is 1. The van der Waals surface area contributed by atoms with E-state index in [9.17, 15) is 9.90 Å². The summed E-state index contributed by atoms with van der Waals surface area (Å²) in [6.45, 7) is 0.0619. The molecule has 0 unspecified atom stereocenters. The molecule has 0 aliphatic heterocycles. The summed E-state index contributed by atoms with van der Waals surface area (Å²) in [5.41, 5.74) is 2.44. The maximum absolute atomic E-state index is 12.5. The van der Waals surface area contributed by atoms with Gasteiger partial charge >= 0.3 is 0 Å². The fraction of sp³-hybridized carbons (Fsp3) is 0.158. The monoisotopic (exact) mass is 371 g/mol. The number of benzene rings is 2. The molecule has 7 heteroatoms. The lowest BCUT2D eigenvalue weighted by Gasteiger charge is -2.12. The number of ether oxygens (including phenoxy) is 1. The van der Waals surface area contributed by atoms with Crippen molar-refractivity contribution in [1.29, 1.82) is 0 Å². The Hall–Kier alpha value is -2.83. The molecule has 0 radical (unpaired) electrons. The Morgan fingerprint density at radius 1 is 1.31 bits per heavy atom. The molecule has 3 aromatic rings. The lowest BCUT2D eigenvalue weighted by atomic mass is 10.1. The van der Waals surface area contributed by atoms with E-state index in [1.807, 2.05) is 12.1 Å². The zero-order chi connectivity index (χ0) is 18.5.